The van der Waals surface area contributed by atoms with Gasteiger partial charge in [0.1, 0.15) is 7.85 Å². The highest BCUT2D eigenvalue weighted by atomic mass is 16.3. The maximum Gasteiger partial charge on any atom is 0.111 e. The molecular weight excluding hydrogens is 147 g/mol. The van der Waals surface area contributed by atoms with E-state index in [-0.39, 0.29) is 6.61 Å². The lowest BCUT2D eigenvalue weighted by Crippen LogP contribution is -2.23. The maximum absolute atomic E-state index is 9.20. The molecule has 1 fully saturated rings. The molecule has 1 nitrogen and oxygen atoms in total. The molecule has 1 N–H and O–H groups in total. The van der Waals surface area contributed by atoms with Gasteiger partial charge >= 0.3 is 0 Å². The second kappa shape index (κ2) is 2.92. The summed E-state index contributed by atoms with van der Waals surface area (Å²) in [6.07, 6.45) is 0. The average Bonchev–Trinajstić information content (AvgIpc) is 2.15. The zero-order chi connectivity index (χ0) is 9.52. The number of rotatable bonds is 1. The molecule has 1 aliphatic carbocycles. The molecule has 0 spiro atoms. The molecule has 1 saturated carbocycles. The molecule has 12 heavy (non-hydrogen) atoms. The molecule has 1 rings (SSSR count). The Morgan fingerprint density at radius 3 is 2.25 bits per heavy atom. The predicted molar refractivity (Wildman–Crippen MR) is 55.0 cm³/mol. The van der Waals surface area contributed by atoms with Crippen LogP contribution in [0.3, 0.4) is 0 Å². The molecule has 0 aromatic rings. The Hall–Kier alpha value is -0.235. The second-order valence-corrected chi connectivity index (χ2v) is 4.70. The van der Waals surface area contributed by atoms with E-state index >= 15 is 0 Å². The van der Waals surface area contributed by atoms with E-state index < -0.39 is 0 Å². The third kappa shape index (κ3) is 1.13. The zero-order valence-electron chi connectivity index (χ0n) is 8.59. The molecular formula is C10H19BO. The van der Waals surface area contributed by atoms with Gasteiger partial charge in [0.25, 0.3) is 0 Å². The van der Waals surface area contributed by atoms with Crippen molar-refractivity contribution in [2.45, 2.75) is 26.6 Å². The van der Waals surface area contributed by atoms with Gasteiger partial charge in [0.2, 0.25) is 0 Å². The van der Waals surface area contributed by atoms with Crippen LogP contribution >= 0.6 is 0 Å². The van der Waals surface area contributed by atoms with Crippen molar-refractivity contribution in [1.82, 2.24) is 0 Å². The fourth-order valence-electron chi connectivity index (χ4n) is 2.31. The van der Waals surface area contributed by atoms with Gasteiger partial charge in [-0.2, -0.15) is 0 Å². The maximum atomic E-state index is 9.20. The first kappa shape index (κ1) is 9.85. The van der Waals surface area contributed by atoms with E-state index in [0.29, 0.717) is 23.1 Å². The van der Waals surface area contributed by atoms with E-state index in [9.17, 15) is 5.11 Å². The van der Waals surface area contributed by atoms with Crippen LogP contribution in [-0.4, -0.2) is 19.6 Å². The Morgan fingerprint density at radius 2 is 2.08 bits per heavy atom. The van der Waals surface area contributed by atoms with Crippen molar-refractivity contribution < 1.29 is 5.11 Å². The van der Waals surface area contributed by atoms with Crippen molar-refractivity contribution in [1.29, 1.82) is 0 Å². The summed E-state index contributed by atoms with van der Waals surface area (Å²) in [6.45, 7) is 11.1. The van der Waals surface area contributed by atoms with Crippen molar-refractivity contribution in [3.63, 3.8) is 0 Å². The van der Waals surface area contributed by atoms with Crippen molar-refractivity contribution >= 4 is 7.85 Å². The van der Waals surface area contributed by atoms with E-state index in [4.69, 9.17) is 0 Å². The summed E-state index contributed by atoms with van der Waals surface area (Å²) in [6, 6.07) is 0. The first-order valence-corrected chi connectivity index (χ1v) is 4.72. The summed E-state index contributed by atoms with van der Waals surface area (Å²) >= 11 is 0. The van der Waals surface area contributed by atoms with Gasteiger partial charge in [-0.15, -0.1) is 0 Å². The van der Waals surface area contributed by atoms with Gasteiger partial charge in [0.15, 0.2) is 0 Å². The summed E-state index contributed by atoms with van der Waals surface area (Å²) in [7, 11) is 2.22. The van der Waals surface area contributed by atoms with E-state index in [1.54, 1.807) is 0 Å². The molecule has 0 amide bonds. The number of hydrogen-bond donors (Lipinski definition) is 1. The molecule has 1 aliphatic rings. The lowest BCUT2D eigenvalue weighted by atomic mass is 9.66. The Bertz CT molecular complexity index is 198. The SMILES string of the molecule is B[C@@H]1C(=C)[C@H](CO)[C@@H](C)C1(C)C. The fourth-order valence-corrected chi connectivity index (χ4v) is 2.31. The third-order valence-electron chi connectivity index (χ3n) is 4.12. The highest BCUT2D eigenvalue weighted by Crippen LogP contribution is 2.54. The minimum Gasteiger partial charge on any atom is -0.396 e. The summed E-state index contributed by atoms with van der Waals surface area (Å²) in [5, 5.41) is 9.20. The fraction of sp³-hybridized carbons (Fsp3) is 0.800. The van der Waals surface area contributed by atoms with Crippen molar-refractivity contribution in [3.05, 3.63) is 12.2 Å². The second-order valence-electron chi connectivity index (χ2n) is 4.70. The monoisotopic (exact) mass is 166 g/mol. The average molecular weight is 166 g/mol. The Balaban J connectivity index is 2.94. The topological polar surface area (TPSA) is 20.2 Å². The van der Waals surface area contributed by atoms with Crippen LogP contribution < -0.4 is 0 Å². The van der Waals surface area contributed by atoms with Gasteiger partial charge in [-0.3, -0.25) is 0 Å². The summed E-state index contributed by atoms with van der Waals surface area (Å²) in [5.74, 6) is 1.39. The van der Waals surface area contributed by atoms with Crippen molar-refractivity contribution in [2.24, 2.45) is 17.3 Å². The Labute approximate surface area is 76.3 Å². The molecule has 0 aromatic heterocycles. The smallest absolute Gasteiger partial charge is 0.111 e. The van der Waals surface area contributed by atoms with E-state index in [1.807, 2.05) is 0 Å². The van der Waals surface area contributed by atoms with Crippen molar-refractivity contribution in [2.75, 3.05) is 6.61 Å². The normalized spacial score (nSPS) is 40.3. The molecule has 0 aliphatic heterocycles. The predicted octanol–water partition coefficient (Wildman–Crippen LogP) is 1.25. The molecule has 0 saturated heterocycles. The first-order valence-electron chi connectivity index (χ1n) is 4.72. The highest BCUT2D eigenvalue weighted by molar-refractivity contribution is 6.14. The van der Waals surface area contributed by atoms with Gasteiger partial charge in [0.05, 0.1) is 0 Å². The van der Waals surface area contributed by atoms with Crippen LogP contribution in [0.5, 0.6) is 0 Å². The van der Waals surface area contributed by atoms with Crippen LogP contribution in [0.1, 0.15) is 20.8 Å². The molecule has 0 radical (unpaired) electrons. The van der Waals surface area contributed by atoms with Crippen LogP contribution in [0.2, 0.25) is 5.82 Å². The molecule has 2 heteroatoms. The molecule has 68 valence electrons. The summed E-state index contributed by atoms with van der Waals surface area (Å²) < 4.78 is 0. The van der Waals surface area contributed by atoms with Gasteiger partial charge in [-0.05, 0) is 17.2 Å². The molecule has 3 atom stereocenters. The van der Waals surface area contributed by atoms with Crippen molar-refractivity contribution in [3.8, 4) is 0 Å². The summed E-state index contributed by atoms with van der Waals surface area (Å²) in [5.41, 5.74) is 1.53. The number of hydrogen-bond acceptors (Lipinski definition) is 1. The van der Waals surface area contributed by atoms with Crippen LogP contribution in [0.4, 0.5) is 0 Å². The van der Waals surface area contributed by atoms with E-state index in [0.717, 1.165) is 0 Å². The van der Waals surface area contributed by atoms with Gasteiger partial charge in [-0.1, -0.05) is 32.9 Å². The largest absolute Gasteiger partial charge is 0.396 e. The zero-order valence-corrected chi connectivity index (χ0v) is 8.59. The number of aliphatic hydroxyl groups excluding tert-OH is 1. The minimum absolute atomic E-state index is 0.258. The van der Waals surface area contributed by atoms with E-state index in [2.05, 4.69) is 35.2 Å². The molecule has 0 bridgehead atoms. The van der Waals surface area contributed by atoms with Gasteiger partial charge in [-0.25, -0.2) is 0 Å². The van der Waals surface area contributed by atoms with Gasteiger partial charge < -0.3 is 5.11 Å². The van der Waals surface area contributed by atoms with Gasteiger partial charge in [0, 0.05) is 12.5 Å². The quantitative estimate of drug-likeness (QED) is 0.459. The Morgan fingerprint density at radius 1 is 1.58 bits per heavy atom. The summed E-state index contributed by atoms with van der Waals surface area (Å²) in [4.78, 5) is 0. The lowest BCUT2D eigenvalue weighted by Gasteiger charge is -2.29. The minimum atomic E-state index is 0.258. The van der Waals surface area contributed by atoms with Crippen LogP contribution in [0.25, 0.3) is 0 Å². The third-order valence-corrected chi connectivity index (χ3v) is 4.12. The van der Waals surface area contributed by atoms with Crippen LogP contribution in [0, 0.1) is 17.3 Å². The number of aliphatic hydroxyl groups is 1. The molecule has 0 aromatic carbocycles. The highest BCUT2D eigenvalue weighted by Gasteiger charge is 2.45. The van der Waals surface area contributed by atoms with E-state index in [1.165, 1.54) is 5.57 Å². The lowest BCUT2D eigenvalue weighted by molar-refractivity contribution is 0.170. The Kier molecular flexibility index (Phi) is 2.39. The van der Waals surface area contributed by atoms with Crippen LogP contribution in [-0.2, 0) is 0 Å². The standard InChI is InChI=1S/C10H19BO/c1-6-8(5-12)7(2)10(3,4)9(6)11/h7-9,12H,1,5,11H2,2-4H3/t7-,8+,9-/m1/s1. The molecule has 0 unspecified atom stereocenters. The molecule has 0 heterocycles. The first-order chi connectivity index (χ1) is 5.42. The van der Waals surface area contributed by atoms with Crippen LogP contribution in [0.15, 0.2) is 12.2 Å².